The zero-order valence-corrected chi connectivity index (χ0v) is 20.8. The number of carbonyl (C=O) groups excluding carboxylic acids is 2. The van der Waals surface area contributed by atoms with Gasteiger partial charge in [0.25, 0.3) is 11.1 Å². The van der Waals surface area contributed by atoms with E-state index in [9.17, 15) is 27.9 Å². The van der Waals surface area contributed by atoms with E-state index in [1.54, 1.807) is 43.4 Å². The lowest BCUT2D eigenvalue weighted by Crippen LogP contribution is -2.40. The first kappa shape index (κ1) is 26.2. The summed E-state index contributed by atoms with van der Waals surface area (Å²) in [5.74, 6) is -0.660. The van der Waals surface area contributed by atoms with Gasteiger partial charge < -0.3 is 10.0 Å². The van der Waals surface area contributed by atoms with Crippen molar-refractivity contribution in [2.45, 2.75) is 18.7 Å². The Morgan fingerprint density at radius 1 is 1.22 bits per heavy atom. The van der Waals surface area contributed by atoms with Gasteiger partial charge in [0.15, 0.2) is 0 Å². The number of nitrogens with one attached hydrogen (secondary N) is 1. The summed E-state index contributed by atoms with van der Waals surface area (Å²) in [6.45, 7) is -0.000353. The monoisotopic (exact) mass is 538 g/mol. The molecular formula is C24H22ClF3N4O3S. The molecule has 3 aromatic rings. The Labute approximate surface area is 213 Å². The first-order valence-corrected chi connectivity index (χ1v) is 12.0. The first-order valence-electron chi connectivity index (χ1n) is 10.8. The molecule has 190 valence electrons. The van der Waals surface area contributed by atoms with Crippen LogP contribution in [-0.2, 0) is 17.4 Å². The van der Waals surface area contributed by atoms with Gasteiger partial charge in [-0.15, -0.1) is 0 Å². The molecule has 0 aliphatic carbocycles. The van der Waals surface area contributed by atoms with Crippen LogP contribution in [0, 0.1) is 0 Å². The first-order chi connectivity index (χ1) is 16.9. The van der Waals surface area contributed by atoms with E-state index in [1.807, 2.05) is 0 Å². The zero-order valence-electron chi connectivity index (χ0n) is 19.3. The molecule has 12 heteroatoms. The third kappa shape index (κ3) is 5.59. The molecule has 0 spiro atoms. The summed E-state index contributed by atoms with van der Waals surface area (Å²) in [7, 11) is 3.48. The minimum atomic E-state index is -4.67. The van der Waals surface area contributed by atoms with E-state index < -0.39 is 29.0 Å². The Bertz CT molecular complexity index is 1360. The van der Waals surface area contributed by atoms with Crippen molar-refractivity contribution in [1.29, 1.82) is 0 Å². The predicted molar refractivity (Wildman–Crippen MR) is 132 cm³/mol. The number of fused-ring (bicyclic) bond motifs is 1. The van der Waals surface area contributed by atoms with Crippen molar-refractivity contribution in [1.82, 2.24) is 20.0 Å². The maximum atomic E-state index is 13.8. The molecule has 0 radical (unpaired) electrons. The topological polar surface area (TPSA) is 89.5 Å². The minimum Gasteiger partial charge on any atom is -0.390 e. The number of hydrogen-bond acceptors (Lipinski definition) is 6. The Kier molecular flexibility index (Phi) is 7.46. The van der Waals surface area contributed by atoms with Crippen molar-refractivity contribution in [3.63, 3.8) is 0 Å². The van der Waals surface area contributed by atoms with Gasteiger partial charge in [0.1, 0.15) is 0 Å². The Hall–Kier alpha value is -2.86. The maximum Gasteiger partial charge on any atom is 0.416 e. The summed E-state index contributed by atoms with van der Waals surface area (Å²) in [5, 5.41) is 17.1. The number of aliphatic hydroxyl groups excluding tert-OH is 1. The summed E-state index contributed by atoms with van der Waals surface area (Å²) >= 11 is 6.49. The van der Waals surface area contributed by atoms with E-state index in [1.165, 1.54) is 12.1 Å². The van der Waals surface area contributed by atoms with Crippen LogP contribution in [0.15, 0.2) is 47.5 Å². The van der Waals surface area contributed by atoms with Crippen LogP contribution in [0.4, 0.5) is 18.0 Å². The number of benzene rings is 2. The van der Waals surface area contributed by atoms with E-state index >= 15 is 0 Å². The minimum absolute atomic E-state index is 0.0166. The van der Waals surface area contributed by atoms with Crippen molar-refractivity contribution in [2.24, 2.45) is 0 Å². The average Bonchev–Trinajstić information content (AvgIpc) is 3.36. The van der Waals surface area contributed by atoms with Crippen LogP contribution in [0.5, 0.6) is 0 Å². The SMILES string of the molecule is CN(C)C[C@H](O)CN1C(=O)SC(=C(Cc2ccc(Cl)cc2C(F)(F)F)c2ccc3[nH]ncc3c2)C1=O. The number of H-pyrrole nitrogens is 1. The van der Waals surface area contributed by atoms with E-state index in [-0.39, 0.29) is 40.6 Å². The Morgan fingerprint density at radius 2 is 1.97 bits per heavy atom. The molecule has 1 aliphatic rings. The summed E-state index contributed by atoms with van der Waals surface area (Å²) in [4.78, 5) is 28.7. The number of hydrogen-bond donors (Lipinski definition) is 2. The van der Waals surface area contributed by atoms with Crippen molar-refractivity contribution in [2.75, 3.05) is 27.2 Å². The highest BCUT2D eigenvalue weighted by molar-refractivity contribution is 8.18. The number of amides is 2. The molecule has 1 aliphatic heterocycles. The summed E-state index contributed by atoms with van der Waals surface area (Å²) < 4.78 is 41.5. The Morgan fingerprint density at radius 3 is 2.67 bits per heavy atom. The second kappa shape index (κ2) is 10.3. The molecule has 1 fully saturated rings. The van der Waals surface area contributed by atoms with Gasteiger partial charge >= 0.3 is 6.18 Å². The summed E-state index contributed by atoms with van der Waals surface area (Å²) in [6.07, 6.45) is -4.37. The van der Waals surface area contributed by atoms with Crippen molar-refractivity contribution < 1.29 is 27.9 Å². The van der Waals surface area contributed by atoms with E-state index in [2.05, 4.69) is 10.2 Å². The molecule has 0 bridgehead atoms. The van der Waals surface area contributed by atoms with Gasteiger partial charge in [0.05, 0.1) is 34.8 Å². The second-order valence-electron chi connectivity index (χ2n) is 8.66. The number of aromatic amines is 1. The molecule has 36 heavy (non-hydrogen) atoms. The number of imide groups is 1. The van der Waals surface area contributed by atoms with Crippen LogP contribution < -0.4 is 0 Å². The van der Waals surface area contributed by atoms with Gasteiger partial charge in [-0.2, -0.15) is 18.3 Å². The highest BCUT2D eigenvalue weighted by atomic mass is 35.5. The maximum absolute atomic E-state index is 13.8. The number of alkyl halides is 3. The molecule has 0 unspecified atom stereocenters. The van der Waals surface area contributed by atoms with E-state index in [0.717, 1.165) is 11.0 Å². The molecular weight excluding hydrogens is 517 g/mol. The van der Waals surface area contributed by atoms with Gasteiger partial charge in [-0.05, 0) is 73.2 Å². The molecule has 7 nitrogen and oxygen atoms in total. The number of β-amino-alcohol motifs (C(OH)–C–C–N with tert-alkyl or cyclic N) is 1. The van der Waals surface area contributed by atoms with Crippen LogP contribution in [0.3, 0.4) is 0 Å². The lowest BCUT2D eigenvalue weighted by atomic mass is 9.93. The summed E-state index contributed by atoms with van der Waals surface area (Å²) in [6, 6.07) is 8.53. The lowest BCUT2D eigenvalue weighted by Gasteiger charge is -2.20. The van der Waals surface area contributed by atoms with Crippen LogP contribution in [0.25, 0.3) is 16.5 Å². The number of aliphatic hydroxyl groups is 1. The fourth-order valence-corrected chi connectivity index (χ4v) is 5.16. The fourth-order valence-electron chi connectivity index (χ4n) is 4.03. The second-order valence-corrected chi connectivity index (χ2v) is 10.1. The molecule has 0 saturated carbocycles. The van der Waals surface area contributed by atoms with E-state index in [0.29, 0.717) is 28.2 Å². The number of halogens is 4. The highest BCUT2D eigenvalue weighted by Crippen LogP contribution is 2.41. The number of carbonyl (C=O) groups is 2. The third-order valence-corrected chi connectivity index (χ3v) is 6.88. The van der Waals surface area contributed by atoms with Gasteiger partial charge in [-0.1, -0.05) is 23.7 Å². The van der Waals surface area contributed by atoms with Gasteiger partial charge in [0, 0.05) is 17.0 Å². The lowest BCUT2D eigenvalue weighted by molar-refractivity contribution is -0.138. The number of allylic oxidation sites excluding steroid dienone is 1. The number of thioether (sulfide) groups is 1. The van der Waals surface area contributed by atoms with Crippen molar-refractivity contribution in [3.8, 4) is 0 Å². The van der Waals surface area contributed by atoms with Crippen LogP contribution >= 0.6 is 23.4 Å². The largest absolute Gasteiger partial charge is 0.416 e. The standard InChI is InChI=1S/C24H22ClF3N4O3S/c1-31(2)11-17(33)12-32-22(34)21(36-23(32)35)18(13-4-6-20-15(7-13)10-29-30-20)8-14-3-5-16(25)9-19(14)24(26,27)28/h3-7,9-10,17,33H,8,11-12H2,1-2H3,(H,29,30)/t17-/m0/s1. The van der Waals surface area contributed by atoms with Gasteiger partial charge in [-0.25, -0.2) is 0 Å². The normalized spacial score (nSPS) is 16.9. The fraction of sp³-hybridized carbons (Fsp3) is 0.292. The molecule has 1 atom stereocenters. The number of aromatic nitrogens is 2. The smallest absolute Gasteiger partial charge is 0.390 e. The molecule has 2 amide bonds. The zero-order chi connectivity index (χ0) is 26.2. The van der Waals surface area contributed by atoms with Crippen LogP contribution in [0.1, 0.15) is 16.7 Å². The van der Waals surface area contributed by atoms with Crippen molar-refractivity contribution >= 4 is 51.0 Å². The van der Waals surface area contributed by atoms with Crippen LogP contribution in [0.2, 0.25) is 5.02 Å². The number of likely N-dealkylation sites (N-methyl/N-ethyl adjacent to an activating group) is 1. The Balaban J connectivity index is 1.81. The number of nitrogens with zero attached hydrogens (tertiary/aromatic N) is 3. The predicted octanol–water partition coefficient (Wildman–Crippen LogP) is 4.81. The number of rotatable bonds is 7. The molecule has 2 N–H and O–H groups in total. The molecule has 2 heterocycles. The quantitative estimate of drug-likeness (QED) is 0.420. The van der Waals surface area contributed by atoms with Gasteiger partial charge in [0.2, 0.25) is 0 Å². The summed E-state index contributed by atoms with van der Waals surface area (Å²) in [5.41, 5.74) is 0.442. The van der Waals surface area contributed by atoms with Crippen LogP contribution in [-0.4, -0.2) is 69.5 Å². The van der Waals surface area contributed by atoms with Crippen molar-refractivity contribution in [3.05, 3.63) is 69.2 Å². The third-order valence-electron chi connectivity index (χ3n) is 5.63. The highest BCUT2D eigenvalue weighted by Gasteiger charge is 2.39. The van der Waals surface area contributed by atoms with E-state index in [4.69, 9.17) is 11.6 Å². The molecule has 4 rings (SSSR count). The molecule has 1 aromatic heterocycles. The molecule has 2 aromatic carbocycles. The van der Waals surface area contributed by atoms with Gasteiger partial charge in [-0.3, -0.25) is 19.6 Å². The molecule has 1 saturated heterocycles. The average molecular weight is 539 g/mol.